The normalized spacial score (nSPS) is 10.3. The predicted molar refractivity (Wildman–Crippen MR) is 72.8 cm³/mol. The molecule has 1 heterocycles. The molecular formula is C12H16N4OS. The smallest absolute Gasteiger partial charge is 0.214 e. The molecule has 1 aromatic heterocycles. The van der Waals surface area contributed by atoms with Gasteiger partial charge < -0.3 is 10.2 Å². The maximum Gasteiger partial charge on any atom is 0.214 e. The monoisotopic (exact) mass is 264 g/mol. The van der Waals surface area contributed by atoms with Gasteiger partial charge in [-0.15, -0.1) is 0 Å². The molecule has 0 saturated carbocycles. The summed E-state index contributed by atoms with van der Waals surface area (Å²) in [6.07, 6.45) is 0.822. The molecule has 0 amide bonds. The Morgan fingerprint density at radius 3 is 2.72 bits per heavy atom. The van der Waals surface area contributed by atoms with E-state index in [2.05, 4.69) is 15.6 Å². The number of hydrogen-bond acceptors (Lipinski definition) is 4. The first-order valence-electron chi connectivity index (χ1n) is 5.77. The zero-order chi connectivity index (χ0) is 13.0. The lowest BCUT2D eigenvalue weighted by Crippen LogP contribution is -2.17. The summed E-state index contributed by atoms with van der Waals surface area (Å²) in [5.41, 5.74) is 4.40. The van der Waals surface area contributed by atoms with Gasteiger partial charge in [-0.3, -0.25) is 5.10 Å². The highest BCUT2D eigenvalue weighted by Gasteiger charge is 2.03. The number of nitrogens with zero attached hydrogens (tertiary/aromatic N) is 2. The van der Waals surface area contributed by atoms with E-state index < -0.39 is 0 Å². The molecule has 2 N–H and O–H groups in total. The van der Waals surface area contributed by atoms with Gasteiger partial charge in [0.05, 0.1) is 13.7 Å². The molecule has 0 aliphatic heterocycles. The van der Waals surface area contributed by atoms with Gasteiger partial charge in [0, 0.05) is 6.42 Å². The predicted octanol–water partition coefficient (Wildman–Crippen LogP) is 2.26. The minimum Gasteiger partial charge on any atom is -0.497 e. The van der Waals surface area contributed by atoms with Gasteiger partial charge in [-0.25, -0.2) is 4.68 Å². The van der Waals surface area contributed by atoms with Crippen LogP contribution in [0, 0.1) is 4.77 Å². The maximum absolute atomic E-state index is 5.16. The maximum atomic E-state index is 5.16. The average molecular weight is 264 g/mol. The third-order valence-corrected chi connectivity index (χ3v) is 2.93. The fourth-order valence-electron chi connectivity index (χ4n) is 1.64. The standard InChI is InChI=1S/C12H16N4OS/c1-3-11-14-15-12(18)16(11)13-8-9-4-6-10(17-2)7-5-9/h4-7,13H,3,8H2,1-2H3,(H,15,18). The van der Waals surface area contributed by atoms with E-state index in [1.807, 2.05) is 31.2 Å². The Morgan fingerprint density at radius 1 is 1.39 bits per heavy atom. The molecule has 0 saturated heterocycles. The second kappa shape index (κ2) is 5.68. The lowest BCUT2D eigenvalue weighted by Gasteiger charge is -2.09. The Balaban J connectivity index is 2.06. The number of rotatable bonds is 5. The topological polar surface area (TPSA) is 54.9 Å². The minimum absolute atomic E-state index is 0.584. The van der Waals surface area contributed by atoms with Crippen LogP contribution in [0.4, 0.5) is 0 Å². The number of methoxy groups -OCH3 is 1. The summed E-state index contributed by atoms with van der Waals surface area (Å²) in [6.45, 7) is 2.72. The van der Waals surface area contributed by atoms with Crippen molar-refractivity contribution in [3.8, 4) is 5.75 Å². The van der Waals surface area contributed by atoms with E-state index in [4.69, 9.17) is 17.0 Å². The molecule has 18 heavy (non-hydrogen) atoms. The third-order valence-electron chi connectivity index (χ3n) is 2.66. The molecule has 2 rings (SSSR count). The van der Waals surface area contributed by atoms with Crippen molar-refractivity contribution in [1.29, 1.82) is 0 Å². The quantitative estimate of drug-likeness (QED) is 0.813. The van der Waals surface area contributed by atoms with E-state index >= 15 is 0 Å². The highest BCUT2D eigenvalue weighted by molar-refractivity contribution is 7.71. The van der Waals surface area contributed by atoms with Crippen LogP contribution < -0.4 is 10.2 Å². The molecule has 0 bridgehead atoms. The Kier molecular flexibility index (Phi) is 3.99. The number of ether oxygens (including phenoxy) is 1. The summed E-state index contributed by atoms with van der Waals surface area (Å²) in [6, 6.07) is 7.90. The molecule has 5 nitrogen and oxygen atoms in total. The van der Waals surface area contributed by atoms with Crippen molar-refractivity contribution in [2.24, 2.45) is 0 Å². The first-order valence-corrected chi connectivity index (χ1v) is 6.18. The van der Waals surface area contributed by atoms with Crippen molar-refractivity contribution in [1.82, 2.24) is 14.9 Å². The van der Waals surface area contributed by atoms with Gasteiger partial charge in [0.1, 0.15) is 5.75 Å². The number of aryl methyl sites for hydroxylation is 1. The van der Waals surface area contributed by atoms with Gasteiger partial charge in [0.15, 0.2) is 5.82 Å². The number of H-pyrrole nitrogens is 1. The highest BCUT2D eigenvalue weighted by atomic mass is 32.1. The van der Waals surface area contributed by atoms with Crippen LogP contribution in [0.15, 0.2) is 24.3 Å². The van der Waals surface area contributed by atoms with Crippen molar-refractivity contribution >= 4 is 12.2 Å². The molecule has 0 atom stereocenters. The molecule has 0 unspecified atom stereocenters. The van der Waals surface area contributed by atoms with Gasteiger partial charge in [-0.2, -0.15) is 5.10 Å². The van der Waals surface area contributed by atoms with E-state index in [1.54, 1.807) is 11.8 Å². The summed E-state index contributed by atoms with van der Waals surface area (Å²) in [4.78, 5) is 0. The zero-order valence-corrected chi connectivity index (χ0v) is 11.3. The molecule has 1 aromatic carbocycles. The summed E-state index contributed by atoms with van der Waals surface area (Å²) in [5.74, 6) is 1.75. The molecule has 0 spiro atoms. The number of hydrogen-bond donors (Lipinski definition) is 2. The van der Waals surface area contributed by atoms with Crippen LogP contribution in [0.3, 0.4) is 0 Å². The van der Waals surface area contributed by atoms with Gasteiger partial charge in [0.2, 0.25) is 4.77 Å². The van der Waals surface area contributed by atoms with E-state index in [1.165, 1.54) is 0 Å². The summed E-state index contributed by atoms with van der Waals surface area (Å²) < 4.78 is 7.51. The Bertz CT molecular complexity index is 558. The molecule has 0 fully saturated rings. The van der Waals surface area contributed by atoms with Gasteiger partial charge in [0.25, 0.3) is 0 Å². The minimum atomic E-state index is 0.584. The van der Waals surface area contributed by atoms with E-state index in [9.17, 15) is 0 Å². The van der Waals surface area contributed by atoms with Crippen molar-refractivity contribution in [3.05, 3.63) is 40.4 Å². The number of nitrogens with one attached hydrogen (secondary N) is 2. The summed E-state index contributed by atoms with van der Waals surface area (Å²) >= 11 is 5.16. The zero-order valence-electron chi connectivity index (χ0n) is 10.4. The van der Waals surface area contributed by atoms with E-state index in [0.29, 0.717) is 11.3 Å². The van der Waals surface area contributed by atoms with Crippen molar-refractivity contribution in [2.75, 3.05) is 12.5 Å². The van der Waals surface area contributed by atoms with Crippen LogP contribution in [0.1, 0.15) is 18.3 Å². The average Bonchev–Trinajstić information content (AvgIpc) is 2.77. The van der Waals surface area contributed by atoms with Gasteiger partial charge >= 0.3 is 0 Å². The van der Waals surface area contributed by atoms with Gasteiger partial charge in [-0.05, 0) is 29.9 Å². The lowest BCUT2D eigenvalue weighted by molar-refractivity contribution is 0.414. The largest absolute Gasteiger partial charge is 0.497 e. The summed E-state index contributed by atoms with van der Waals surface area (Å²) in [7, 11) is 1.66. The van der Waals surface area contributed by atoms with Crippen molar-refractivity contribution in [3.63, 3.8) is 0 Å². The van der Waals surface area contributed by atoms with Crippen LogP contribution >= 0.6 is 12.2 Å². The highest BCUT2D eigenvalue weighted by Crippen LogP contribution is 2.11. The van der Waals surface area contributed by atoms with E-state index in [-0.39, 0.29) is 0 Å². The fraction of sp³-hybridized carbons (Fsp3) is 0.333. The number of aromatic amines is 1. The van der Waals surface area contributed by atoms with Crippen LogP contribution in [-0.4, -0.2) is 22.0 Å². The van der Waals surface area contributed by atoms with Crippen molar-refractivity contribution < 1.29 is 4.74 Å². The SMILES string of the molecule is CCc1n[nH]c(=S)n1NCc1ccc(OC)cc1. The summed E-state index contributed by atoms with van der Waals surface area (Å²) in [5, 5.41) is 6.91. The molecule has 6 heteroatoms. The molecule has 96 valence electrons. The molecule has 0 aliphatic rings. The van der Waals surface area contributed by atoms with Crippen molar-refractivity contribution in [2.45, 2.75) is 19.9 Å². The Hall–Kier alpha value is -1.82. The molecule has 2 aromatic rings. The second-order valence-corrected chi connectivity index (χ2v) is 4.20. The number of benzene rings is 1. The fourth-order valence-corrected chi connectivity index (χ4v) is 1.86. The molecular weight excluding hydrogens is 248 g/mol. The van der Waals surface area contributed by atoms with Gasteiger partial charge in [-0.1, -0.05) is 19.1 Å². The number of aromatic nitrogens is 3. The van der Waals surface area contributed by atoms with Crippen LogP contribution in [-0.2, 0) is 13.0 Å². The molecule has 0 radical (unpaired) electrons. The second-order valence-electron chi connectivity index (χ2n) is 3.82. The lowest BCUT2D eigenvalue weighted by atomic mass is 10.2. The molecule has 0 aliphatic carbocycles. The third kappa shape index (κ3) is 2.70. The first kappa shape index (κ1) is 12.6. The van der Waals surface area contributed by atoms with Crippen LogP contribution in [0.25, 0.3) is 0 Å². The van der Waals surface area contributed by atoms with Crippen LogP contribution in [0.5, 0.6) is 5.75 Å². The first-order chi connectivity index (χ1) is 8.74. The van der Waals surface area contributed by atoms with E-state index in [0.717, 1.165) is 23.6 Å². The Morgan fingerprint density at radius 2 is 2.11 bits per heavy atom. The van der Waals surface area contributed by atoms with Crippen LogP contribution in [0.2, 0.25) is 0 Å². The Labute approximate surface area is 111 Å².